The van der Waals surface area contributed by atoms with Gasteiger partial charge in [-0.3, -0.25) is 19.3 Å². The van der Waals surface area contributed by atoms with Crippen molar-refractivity contribution in [3.05, 3.63) is 76.9 Å². The minimum Gasteiger partial charge on any atom is -0.326 e. The van der Waals surface area contributed by atoms with E-state index in [0.717, 1.165) is 30.0 Å². The lowest BCUT2D eigenvalue weighted by atomic mass is 9.98. The van der Waals surface area contributed by atoms with E-state index in [1.807, 2.05) is 0 Å². The van der Waals surface area contributed by atoms with Crippen LogP contribution in [0.5, 0.6) is 0 Å². The van der Waals surface area contributed by atoms with E-state index in [1.165, 1.54) is 29.2 Å². The van der Waals surface area contributed by atoms with Crippen LogP contribution >= 0.6 is 0 Å². The first kappa shape index (κ1) is 27.5. The molecule has 3 N–H and O–H groups in total. The average Bonchev–Trinajstić information content (AvgIpc) is 3.53. The Balaban J connectivity index is 1.48. The van der Waals surface area contributed by atoms with Crippen LogP contribution in [0.25, 0.3) is 5.69 Å². The summed E-state index contributed by atoms with van der Waals surface area (Å²) in [5.41, 5.74) is 4.81. The number of carbonyl (C=O) groups excluding carboxylic acids is 3. The molecule has 0 radical (unpaired) electrons. The first-order chi connectivity index (χ1) is 19.0. The average molecular weight is 558 g/mol. The number of nitrogens with one attached hydrogen (secondary N) is 1. The highest BCUT2D eigenvalue weighted by Gasteiger charge is 2.38. The summed E-state index contributed by atoms with van der Waals surface area (Å²) in [5, 5.41) is 5.95. The second-order valence-corrected chi connectivity index (χ2v) is 10.1. The summed E-state index contributed by atoms with van der Waals surface area (Å²) < 4.78 is 56.3. The van der Waals surface area contributed by atoms with Crippen molar-refractivity contribution in [3.63, 3.8) is 0 Å². The molecule has 12 heteroatoms. The molecule has 2 aromatic carbocycles. The number of amides is 3. The molecule has 1 aromatic heterocycles. The number of carbonyl (C=O) groups is 3. The lowest BCUT2D eigenvalue weighted by Gasteiger charge is -2.27. The summed E-state index contributed by atoms with van der Waals surface area (Å²) in [6, 6.07) is 10.0. The maximum absolute atomic E-state index is 14.9. The number of hydrogen-bond donors (Lipinski definition) is 2. The van der Waals surface area contributed by atoms with Gasteiger partial charge in [0, 0.05) is 25.5 Å². The zero-order valence-corrected chi connectivity index (χ0v) is 21.4. The van der Waals surface area contributed by atoms with Crippen LogP contribution in [-0.4, -0.2) is 32.4 Å². The highest BCUT2D eigenvalue weighted by Crippen LogP contribution is 2.39. The first-order valence-electron chi connectivity index (χ1n) is 13.0. The van der Waals surface area contributed by atoms with Crippen molar-refractivity contribution in [3.8, 4) is 5.69 Å². The van der Waals surface area contributed by atoms with Gasteiger partial charge in [-0.15, -0.1) is 0 Å². The number of nitrogens with zero attached hydrogens (tertiary/aromatic N) is 3. The normalized spacial score (nSPS) is 16.5. The van der Waals surface area contributed by atoms with E-state index in [-0.39, 0.29) is 42.6 Å². The van der Waals surface area contributed by atoms with Crippen LogP contribution in [0.4, 0.5) is 23.2 Å². The van der Waals surface area contributed by atoms with Crippen LogP contribution in [0.1, 0.15) is 71.9 Å². The first-order valence-corrected chi connectivity index (χ1v) is 13.0. The second kappa shape index (κ2) is 10.8. The Labute approximate surface area is 227 Å². The zero-order valence-electron chi connectivity index (χ0n) is 21.4. The third-order valence-corrected chi connectivity index (χ3v) is 7.19. The summed E-state index contributed by atoms with van der Waals surface area (Å²) in [7, 11) is 0. The molecule has 2 heterocycles. The zero-order chi connectivity index (χ0) is 28.6. The predicted molar refractivity (Wildman–Crippen MR) is 137 cm³/mol. The summed E-state index contributed by atoms with van der Waals surface area (Å²) >= 11 is 0. The number of halogens is 4. The van der Waals surface area contributed by atoms with Crippen molar-refractivity contribution in [1.82, 2.24) is 14.7 Å². The molecule has 1 saturated carbocycles. The van der Waals surface area contributed by atoms with E-state index in [2.05, 4.69) is 10.4 Å². The summed E-state index contributed by atoms with van der Waals surface area (Å²) in [5.74, 6) is -1.98. The lowest BCUT2D eigenvalue weighted by molar-refractivity contribution is -0.142. The Morgan fingerprint density at radius 1 is 1.07 bits per heavy atom. The van der Waals surface area contributed by atoms with E-state index in [9.17, 15) is 31.9 Å². The SMILES string of the molecule is NCc1cccc(-n2nc(C(F)(F)F)cc2C(=O)Nc2cc(C(CCC3CC3)N3C(=O)CCC3=O)ccc2F)c1. The van der Waals surface area contributed by atoms with Crippen LogP contribution in [0.15, 0.2) is 48.5 Å². The molecule has 2 aliphatic rings. The number of anilines is 1. The van der Waals surface area contributed by atoms with Crippen molar-refractivity contribution in [2.45, 2.75) is 57.3 Å². The predicted octanol–water partition coefficient (Wildman–Crippen LogP) is 5.12. The maximum atomic E-state index is 14.9. The third kappa shape index (κ3) is 5.76. The van der Waals surface area contributed by atoms with Crippen molar-refractivity contribution in [2.75, 3.05) is 5.32 Å². The number of aromatic nitrogens is 2. The Morgan fingerprint density at radius 3 is 2.45 bits per heavy atom. The monoisotopic (exact) mass is 557 g/mol. The lowest BCUT2D eigenvalue weighted by Crippen LogP contribution is -2.33. The second-order valence-electron chi connectivity index (χ2n) is 10.1. The molecule has 0 spiro atoms. The Morgan fingerprint density at radius 2 is 1.80 bits per heavy atom. The number of rotatable bonds is 9. The fraction of sp³-hybridized carbons (Fsp3) is 0.357. The smallest absolute Gasteiger partial charge is 0.326 e. The summed E-state index contributed by atoms with van der Waals surface area (Å²) in [6.45, 7) is 0.116. The molecule has 1 saturated heterocycles. The summed E-state index contributed by atoms with van der Waals surface area (Å²) in [6.07, 6.45) is -1.23. The number of alkyl halides is 3. The van der Waals surface area contributed by atoms with Gasteiger partial charge in [-0.05, 0) is 54.2 Å². The van der Waals surface area contributed by atoms with Gasteiger partial charge in [0.2, 0.25) is 11.8 Å². The van der Waals surface area contributed by atoms with Gasteiger partial charge in [-0.1, -0.05) is 31.0 Å². The Hall–Kier alpha value is -4.06. The molecule has 1 unspecified atom stereocenters. The standard InChI is InChI=1S/C28H27F4N5O3/c29-20-8-7-18(22(9-6-16-4-5-16)36-25(38)10-11-26(36)39)13-21(20)34-27(40)23-14-24(28(30,31)32)35-37(23)19-3-1-2-17(12-19)15-33/h1-3,7-8,12-14,16,22H,4-6,9-11,15,33H2,(H,34,40). The van der Waals surface area contributed by atoms with Crippen molar-refractivity contribution in [1.29, 1.82) is 0 Å². The van der Waals surface area contributed by atoms with Crippen molar-refractivity contribution >= 4 is 23.4 Å². The van der Waals surface area contributed by atoms with E-state index in [0.29, 0.717) is 29.5 Å². The highest BCUT2D eigenvalue weighted by atomic mass is 19.4. The Bertz CT molecular complexity index is 1450. The Kier molecular flexibility index (Phi) is 7.45. The van der Waals surface area contributed by atoms with Crippen molar-refractivity contribution in [2.24, 2.45) is 11.7 Å². The van der Waals surface area contributed by atoms with E-state index < -0.39 is 35.3 Å². The van der Waals surface area contributed by atoms with Gasteiger partial charge in [0.05, 0.1) is 17.4 Å². The van der Waals surface area contributed by atoms with E-state index in [4.69, 9.17) is 5.73 Å². The number of likely N-dealkylation sites (tertiary alicyclic amines) is 1. The van der Waals surface area contributed by atoms with Gasteiger partial charge < -0.3 is 11.1 Å². The third-order valence-electron chi connectivity index (χ3n) is 7.19. The molecular weight excluding hydrogens is 530 g/mol. The fourth-order valence-electron chi connectivity index (χ4n) is 4.91. The van der Waals surface area contributed by atoms with Gasteiger partial charge in [0.25, 0.3) is 5.91 Å². The van der Waals surface area contributed by atoms with Gasteiger partial charge in [0.15, 0.2) is 5.69 Å². The van der Waals surface area contributed by atoms with Gasteiger partial charge in [0.1, 0.15) is 11.5 Å². The molecule has 3 aromatic rings. The molecular formula is C28H27F4N5O3. The highest BCUT2D eigenvalue weighted by molar-refractivity contribution is 6.04. The molecule has 1 aliphatic heterocycles. The number of imide groups is 1. The van der Waals surface area contributed by atoms with Gasteiger partial charge in [-0.2, -0.15) is 18.3 Å². The molecule has 1 aliphatic carbocycles. The van der Waals surface area contributed by atoms with Crippen LogP contribution < -0.4 is 11.1 Å². The largest absolute Gasteiger partial charge is 0.435 e. The molecule has 3 amide bonds. The molecule has 0 bridgehead atoms. The molecule has 5 rings (SSSR count). The van der Waals surface area contributed by atoms with E-state index >= 15 is 0 Å². The maximum Gasteiger partial charge on any atom is 0.435 e. The van der Waals surface area contributed by atoms with Crippen molar-refractivity contribution < 1.29 is 31.9 Å². The molecule has 1 atom stereocenters. The van der Waals surface area contributed by atoms with Crippen LogP contribution in [-0.2, 0) is 22.3 Å². The molecule has 210 valence electrons. The number of benzene rings is 2. The topological polar surface area (TPSA) is 110 Å². The fourth-order valence-corrected chi connectivity index (χ4v) is 4.91. The van der Waals surface area contributed by atoms with Crippen LogP contribution in [0, 0.1) is 11.7 Å². The summed E-state index contributed by atoms with van der Waals surface area (Å²) in [4.78, 5) is 39.5. The van der Waals surface area contributed by atoms with Crippen LogP contribution in [0.3, 0.4) is 0 Å². The van der Waals surface area contributed by atoms with Gasteiger partial charge >= 0.3 is 6.18 Å². The molecule has 8 nitrogen and oxygen atoms in total. The molecule has 2 fully saturated rings. The van der Waals surface area contributed by atoms with Gasteiger partial charge in [-0.25, -0.2) is 9.07 Å². The van der Waals surface area contributed by atoms with Crippen LogP contribution in [0.2, 0.25) is 0 Å². The van der Waals surface area contributed by atoms with E-state index in [1.54, 1.807) is 12.1 Å². The molecule has 40 heavy (non-hydrogen) atoms. The minimum absolute atomic E-state index is 0.0977. The number of hydrogen-bond acceptors (Lipinski definition) is 5. The number of nitrogens with two attached hydrogens (primary N) is 1. The minimum atomic E-state index is -4.83. The quantitative estimate of drug-likeness (QED) is 0.280.